The van der Waals surface area contributed by atoms with Crippen LogP contribution in [0.1, 0.15) is 23.6 Å². The second-order valence-electron chi connectivity index (χ2n) is 3.89. The van der Waals surface area contributed by atoms with Gasteiger partial charge in [0.1, 0.15) is 0 Å². The lowest BCUT2D eigenvalue weighted by Gasteiger charge is -1.99. The minimum atomic E-state index is 0.751. The van der Waals surface area contributed by atoms with E-state index in [-0.39, 0.29) is 0 Å². The molecular formula is C16H15N. The van der Waals surface area contributed by atoms with Crippen LogP contribution < -0.4 is 5.73 Å². The molecule has 1 heteroatoms. The molecule has 2 rings (SSSR count). The van der Waals surface area contributed by atoms with Crippen LogP contribution in [0.2, 0.25) is 0 Å². The first-order chi connectivity index (χ1) is 8.29. The first-order valence-corrected chi connectivity index (χ1v) is 5.75. The van der Waals surface area contributed by atoms with Crippen molar-refractivity contribution in [1.82, 2.24) is 0 Å². The fraction of sp³-hybridized carbons (Fsp3) is 0.125. The van der Waals surface area contributed by atoms with Gasteiger partial charge >= 0.3 is 0 Å². The number of benzene rings is 2. The molecular weight excluding hydrogens is 206 g/mol. The van der Waals surface area contributed by atoms with Crippen molar-refractivity contribution in [3.8, 4) is 11.8 Å². The number of rotatable bonds is 1. The van der Waals surface area contributed by atoms with Gasteiger partial charge in [0.15, 0.2) is 0 Å². The Hall–Kier alpha value is -2.20. The van der Waals surface area contributed by atoms with E-state index in [9.17, 15) is 0 Å². The summed E-state index contributed by atoms with van der Waals surface area (Å²) in [4.78, 5) is 0. The van der Waals surface area contributed by atoms with Gasteiger partial charge < -0.3 is 5.73 Å². The molecule has 0 aliphatic heterocycles. The van der Waals surface area contributed by atoms with Gasteiger partial charge in [0, 0.05) is 16.8 Å². The summed E-state index contributed by atoms with van der Waals surface area (Å²) in [5, 5.41) is 0. The highest BCUT2D eigenvalue weighted by atomic mass is 14.5. The van der Waals surface area contributed by atoms with Crippen LogP contribution in [0.25, 0.3) is 0 Å². The molecule has 84 valence electrons. The summed E-state index contributed by atoms with van der Waals surface area (Å²) < 4.78 is 0. The minimum absolute atomic E-state index is 0.751. The van der Waals surface area contributed by atoms with E-state index in [0.717, 1.165) is 23.2 Å². The Labute approximate surface area is 102 Å². The normalized spacial score (nSPS) is 9.47. The number of aryl methyl sites for hydroxylation is 1. The summed E-state index contributed by atoms with van der Waals surface area (Å²) in [6, 6.07) is 15.9. The highest BCUT2D eigenvalue weighted by molar-refractivity contribution is 5.51. The average Bonchev–Trinajstić information content (AvgIpc) is 2.37. The summed E-state index contributed by atoms with van der Waals surface area (Å²) in [6.45, 7) is 2.14. The molecule has 0 unspecified atom stereocenters. The monoisotopic (exact) mass is 221 g/mol. The molecule has 1 nitrogen and oxygen atoms in total. The zero-order valence-corrected chi connectivity index (χ0v) is 9.90. The Morgan fingerprint density at radius 2 is 1.82 bits per heavy atom. The molecule has 2 N–H and O–H groups in total. The molecule has 2 aromatic carbocycles. The number of anilines is 1. The Morgan fingerprint density at radius 1 is 1.00 bits per heavy atom. The molecule has 0 aromatic heterocycles. The van der Waals surface area contributed by atoms with Gasteiger partial charge in [-0.25, -0.2) is 0 Å². The van der Waals surface area contributed by atoms with E-state index in [2.05, 4.69) is 30.9 Å². The van der Waals surface area contributed by atoms with Gasteiger partial charge in [-0.2, -0.15) is 0 Å². The molecule has 0 aliphatic rings. The van der Waals surface area contributed by atoms with Gasteiger partial charge in [-0.1, -0.05) is 43.0 Å². The van der Waals surface area contributed by atoms with E-state index < -0.39 is 0 Å². The minimum Gasteiger partial charge on any atom is -0.399 e. The van der Waals surface area contributed by atoms with Crippen LogP contribution in [0.5, 0.6) is 0 Å². The molecule has 0 spiro atoms. The second-order valence-corrected chi connectivity index (χ2v) is 3.89. The largest absolute Gasteiger partial charge is 0.399 e. The summed E-state index contributed by atoms with van der Waals surface area (Å²) in [5.41, 5.74) is 9.80. The van der Waals surface area contributed by atoms with Gasteiger partial charge in [-0.05, 0) is 36.2 Å². The molecule has 17 heavy (non-hydrogen) atoms. The highest BCUT2D eigenvalue weighted by Crippen LogP contribution is 2.09. The lowest BCUT2D eigenvalue weighted by Crippen LogP contribution is -1.87. The van der Waals surface area contributed by atoms with Gasteiger partial charge in [0.25, 0.3) is 0 Å². The third-order valence-corrected chi connectivity index (χ3v) is 2.63. The average molecular weight is 221 g/mol. The SMILES string of the molecule is CCc1ccccc1C#Cc1cccc(N)c1. The maximum absolute atomic E-state index is 5.72. The van der Waals surface area contributed by atoms with Crippen LogP contribution in [-0.2, 0) is 6.42 Å². The lowest BCUT2D eigenvalue weighted by molar-refractivity contribution is 1.13. The Kier molecular flexibility index (Phi) is 3.47. The number of nitrogens with two attached hydrogens (primary N) is 1. The van der Waals surface area contributed by atoms with Crippen molar-refractivity contribution in [1.29, 1.82) is 0 Å². The van der Waals surface area contributed by atoms with E-state index in [1.54, 1.807) is 0 Å². The van der Waals surface area contributed by atoms with Crippen LogP contribution in [0, 0.1) is 11.8 Å². The van der Waals surface area contributed by atoms with Crippen molar-refractivity contribution >= 4 is 5.69 Å². The van der Waals surface area contributed by atoms with Crippen molar-refractivity contribution in [2.75, 3.05) is 5.73 Å². The molecule has 0 saturated carbocycles. The summed E-state index contributed by atoms with van der Waals surface area (Å²) in [5.74, 6) is 6.35. The summed E-state index contributed by atoms with van der Waals surface area (Å²) in [7, 11) is 0. The smallest absolute Gasteiger partial charge is 0.0326 e. The van der Waals surface area contributed by atoms with E-state index in [1.165, 1.54) is 5.56 Å². The van der Waals surface area contributed by atoms with Crippen LogP contribution in [0.4, 0.5) is 5.69 Å². The Bertz CT molecular complexity index is 573. The molecule has 0 atom stereocenters. The third-order valence-electron chi connectivity index (χ3n) is 2.63. The first-order valence-electron chi connectivity index (χ1n) is 5.75. The van der Waals surface area contributed by atoms with Crippen LogP contribution in [-0.4, -0.2) is 0 Å². The van der Waals surface area contributed by atoms with Crippen molar-refractivity contribution < 1.29 is 0 Å². The fourth-order valence-electron chi connectivity index (χ4n) is 1.71. The zero-order chi connectivity index (χ0) is 12.1. The van der Waals surface area contributed by atoms with E-state index >= 15 is 0 Å². The van der Waals surface area contributed by atoms with Crippen LogP contribution in [0.15, 0.2) is 48.5 Å². The van der Waals surface area contributed by atoms with Crippen molar-refractivity contribution in [3.05, 3.63) is 65.2 Å². The van der Waals surface area contributed by atoms with E-state index in [4.69, 9.17) is 5.73 Å². The number of hydrogen-bond acceptors (Lipinski definition) is 1. The third kappa shape index (κ3) is 2.89. The zero-order valence-electron chi connectivity index (χ0n) is 9.90. The van der Waals surface area contributed by atoms with Crippen molar-refractivity contribution in [2.24, 2.45) is 0 Å². The molecule has 2 aromatic rings. The maximum atomic E-state index is 5.72. The first kappa shape index (κ1) is 11.3. The van der Waals surface area contributed by atoms with Crippen molar-refractivity contribution in [2.45, 2.75) is 13.3 Å². The van der Waals surface area contributed by atoms with Gasteiger partial charge in [-0.3, -0.25) is 0 Å². The number of nitrogen functional groups attached to an aromatic ring is 1. The molecule has 0 bridgehead atoms. The number of hydrogen-bond donors (Lipinski definition) is 1. The van der Waals surface area contributed by atoms with Crippen molar-refractivity contribution in [3.63, 3.8) is 0 Å². The molecule has 0 fully saturated rings. The maximum Gasteiger partial charge on any atom is 0.0326 e. The van der Waals surface area contributed by atoms with Gasteiger partial charge in [0.05, 0.1) is 0 Å². The fourth-order valence-corrected chi connectivity index (χ4v) is 1.71. The molecule has 0 radical (unpaired) electrons. The molecule has 0 saturated heterocycles. The predicted molar refractivity (Wildman–Crippen MR) is 72.7 cm³/mol. The standard InChI is InChI=1S/C16H15N/c1-2-14-7-3-4-8-15(14)11-10-13-6-5-9-16(17)12-13/h3-9,12H,2,17H2,1H3. The lowest BCUT2D eigenvalue weighted by atomic mass is 10.1. The van der Waals surface area contributed by atoms with E-state index in [1.807, 2.05) is 36.4 Å². The Balaban J connectivity index is 2.33. The molecule has 0 heterocycles. The summed E-state index contributed by atoms with van der Waals surface area (Å²) >= 11 is 0. The topological polar surface area (TPSA) is 26.0 Å². The van der Waals surface area contributed by atoms with Crippen LogP contribution >= 0.6 is 0 Å². The predicted octanol–water partition coefficient (Wildman–Crippen LogP) is 3.23. The highest BCUT2D eigenvalue weighted by Gasteiger charge is 1.94. The quantitative estimate of drug-likeness (QED) is 0.580. The van der Waals surface area contributed by atoms with Gasteiger partial charge in [-0.15, -0.1) is 0 Å². The van der Waals surface area contributed by atoms with Crippen LogP contribution in [0.3, 0.4) is 0 Å². The van der Waals surface area contributed by atoms with Gasteiger partial charge in [0.2, 0.25) is 0 Å². The Morgan fingerprint density at radius 3 is 2.59 bits per heavy atom. The molecule has 0 amide bonds. The summed E-state index contributed by atoms with van der Waals surface area (Å²) in [6.07, 6.45) is 1.00. The van der Waals surface area contributed by atoms with E-state index in [0.29, 0.717) is 0 Å². The molecule has 0 aliphatic carbocycles. The second kappa shape index (κ2) is 5.23.